The minimum atomic E-state index is -0.134. The molecule has 0 radical (unpaired) electrons. The summed E-state index contributed by atoms with van der Waals surface area (Å²) in [6, 6.07) is -0.134. The molecule has 0 aliphatic heterocycles. The Morgan fingerprint density at radius 2 is 2.55 bits per heavy atom. The molecule has 5 heteroatoms. The zero-order valence-electron chi connectivity index (χ0n) is 5.83. The van der Waals surface area contributed by atoms with Crippen LogP contribution in [0.15, 0.2) is 6.20 Å². The minimum Gasteiger partial charge on any atom is -0.396 e. The summed E-state index contributed by atoms with van der Waals surface area (Å²) in [5, 5.41) is 8.58. The topological polar surface area (TPSA) is 59.1 Å². The largest absolute Gasteiger partial charge is 0.396 e. The number of nitrogens with two attached hydrogens (primary N) is 1. The summed E-state index contributed by atoms with van der Waals surface area (Å²) in [5.41, 5.74) is 5.67. The van der Waals surface area contributed by atoms with Crippen molar-refractivity contribution in [1.82, 2.24) is 4.98 Å². The lowest BCUT2D eigenvalue weighted by atomic mass is 10.2. The van der Waals surface area contributed by atoms with Crippen LogP contribution in [0.25, 0.3) is 0 Å². The molecule has 1 aromatic heterocycles. The fourth-order valence-electron chi connectivity index (χ4n) is 0.717. The van der Waals surface area contributed by atoms with E-state index in [0.29, 0.717) is 10.9 Å². The fraction of sp³-hybridized carbons (Fsp3) is 0.500. The first-order valence-corrected chi connectivity index (χ1v) is 4.41. The molecule has 0 fully saturated rings. The third-order valence-corrected chi connectivity index (χ3v) is 2.55. The molecule has 0 aromatic carbocycles. The van der Waals surface area contributed by atoms with Crippen molar-refractivity contribution in [3.8, 4) is 0 Å². The van der Waals surface area contributed by atoms with Gasteiger partial charge < -0.3 is 10.8 Å². The van der Waals surface area contributed by atoms with Crippen LogP contribution < -0.4 is 5.73 Å². The van der Waals surface area contributed by atoms with E-state index in [1.165, 1.54) is 11.3 Å². The second-order valence-electron chi connectivity index (χ2n) is 2.13. The monoisotopic (exact) mass is 192 g/mol. The Labute approximate surface area is 73.8 Å². The molecule has 0 unspecified atom stereocenters. The van der Waals surface area contributed by atoms with Gasteiger partial charge in [-0.25, -0.2) is 4.98 Å². The molecule has 0 bridgehead atoms. The molecule has 0 saturated carbocycles. The van der Waals surface area contributed by atoms with Crippen molar-refractivity contribution < 1.29 is 5.11 Å². The van der Waals surface area contributed by atoms with Gasteiger partial charge in [-0.15, -0.1) is 11.3 Å². The first-order chi connectivity index (χ1) is 5.24. The van der Waals surface area contributed by atoms with Gasteiger partial charge in [-0.05, 0) is 6.42 Å². The van der Waals surface area contributed by atoms with E-state index in [1.807, 2.05) is 0 Å². The second kappa shape index (κ2) is 4.01. The summed E-state index contributed by atoms with van der Waals surface area (Å²) in [4.78, 5) is 4.76. The van der Waals surface area contributed by atoms with Crippen molar-refractivity contribution >= 4 is 22.9 Å². The Balaban J connectivity index is 2.60. The highest BCUT2D eigenvalue weighted by Gasteiger charge is 2.08. The first-order valence-electron chi connectivity index (χ1n) is 3.21. The third kappa shape index (κ3) is 2.41. The van der Waals surface area contributed by atoms with Gasteiger partial charge >= 0.3 is 0 Å². The SMILES string of the molecule is N[C@H](CCO)c1cnc(Cl)s1. The van der Waals surface area contributed by atoms with Gasteiger partial charge in [0.05, 0.1) is 0 Å². The Morgan fingerprint density at radius 3 is 3.00 bits per heavy atom. The molecule has 0 amide bonds. The number of rotatable bonds is 3. The van der Waals surface area contributed by atoms with E-state index in [0.717, 1.165) is 4.88 Å². The minimum absolute atomic E-state index is 0.0939. The van der Waals surface area contributed by atoms with Crippen LogP contribution in [0.2, 0.25) is 4.47 Å². The van der Waals surface area contributed by atoms with Gasteiger partial charge in [0.25, 0.3) is 0 Å². The molecule has 62 valence electrons. The van der Waals surface area contributed by atoms with Gasteiger partial charge in [0, 0.05) is 23.7 Å². The normalized spacial score (nSPS) is 13.4. The molecule has 0 saturated heterocycles. The summed E-state index contributed by atoms with van der Waals surface area (Å²) in [5.74, 6) is 0. The van der Waals surface area contributed by atoms with Crippen LogP contribution in [0.3, 0.4) is 0 Å². The van der Waals surface area contributed by atoms with Crippen molar-refractivity contribution in [2.75, 3.05) is 6.61 Å². The molecule has 11 heavy (non-hydrogen) atoms. The van der Waals surface area contributed by atoms with Crippen molar-refractivity contribution in [1.29, 1.82) is 0 Å². The first kappa shape index (κ1) is 8.93. The van der Waals surface area contributed by atoms with Gasteiger partial charge in [-0.2, -0.15) is 0 Å². The average molecular weight is 193 g/mol. The van der Waals surface area contributed by atoms with E-state index < -0.39 is 0 Å². The zero-order valence-corrected chi connectivity index (χ0v) is 7.40. The standard InChI is InChI=1S/C6H9ClN2OS/c7-6-9-3-5(11-6)4(8)1-2-10/h3-4,10H,1-2,8H2/t4-/m1/s1. The molecule has 1 heterocycles. The van der Waals surface area contributed by atoms with Crippen LogP contribution in [0.1, 0.15) is 17.3 Å². The molecule has 3 N–H and O–H groups in total. The number of thiazole rings is 1. The van der Waals surface area contributed by atoms with Gasteiger partial charge in [0.2, 0.25) is 0 Å². The van der Waals surface area contributed by atoms with E-state index in [1.54, 1.807) is 6.20 Å². The lowest BCUT2D eigenvalue weighted by molar-refractivity contribution is 0.277. The van der Waals surface area contributed by atoms with Crippen LogP contribution in [-0.2, 0) is 0 Å². The Bertz CT molecular complexity index is 228. The lowest BCUT2D eigenvalue weighted by Gasteiger charge is -2.04. The van der Waals surface area contributed by atoms with E-state index in [9.17, 15) is 0 Å². The molecule has 0 aliphatic carbocycles. The second-order valence-corrected chi connectivity index (χ2v) is 3.78. The maximum Gasteiger partial charge on any atom is 0.183 e. The summed E-state index contributed by atoms with van der Waals surface area (Å²) < 4.78 is 0.494. The maximum absolute atomic E-state index is 8.58. The average Bonchev–Trinajstić information content (AvgIpc) is 2.36. The lowest BCUT2D eigenvalue weighted by Crippen LogP contribution is -2.09. The number of nitrogens with zero attached hydrogens (tertiary/aromatic N) is 1. The van der Waals surface area contributed by atoms with Gasteiger partial charge in [-0.3, -0.25) is 0 Å². The van der Waals surface area contributed by atoms with Crippen LogP contribution in [0.4, 0.5) is 0 Å². The van der Waals surface area contributed by atoms with Crippen LogP contribution in [0, 0.1) is 0 Å². The fourth-order valence-corrected chi connectivity index (χ4v) is 1.71. The van der Waals surface area contributed by atoms with E-state index in [-0.39, 0.29) is 12.6 Å². The molecule has 1 rings (SSSR count). The predicted octanol–water partition coefficient (Wildman–Crippen LogP) is 1.18. The number of hydrogen-bond donors (Lipinski definition) is 2. The molecule has 1 atom stereocenters. The molecule has 3 nitrogen and oxygen atoms in total. The maximum atomic E-state index is 8.58. The van der Waals surface area contributed by atoms with Crippen LogP contribution in [-0.4, -0.2) is 16.7 Å². The van der Waals surface area contributed by atoms with Crippen molar-refractivity contribution in [3.63, 3.8) is 0 Å². The number of aliphatic hydroxyl groups is 1. The predicted molar refractivity (Wildman–Crippen MR) is 45.8 cm³/mol. The van der Waals surface area contributed by atoms with E-state index >= 15 is 0 Å². The van der Waals surface area contributed by atoms with Crippen molar-refractivity contribution in [3.05, 3.63) is 15.5 Å². The number of aromatic nitrogens is 1. The number of halogens is 1. The highest BCUT2D eigenvalue weighted by molar-refractivity contribution is 7.15. The molecular formula is C6H9ClN2OS. The summed E-state index contributed by atoms with van der Waals surface area (Å²) in [6.07, 6.45) is 2.20. The molecule has 1 aromatic rings. The number of aliphatic hydroxyl groups excluding tert-OH is 1. The molecule has 0 aliphatic rings. The Morgan fingerprint density at radius 1 is 1.82 bits per heavy atom. The van der Waals surface area contributed by atoms with E-state index in [4.69, 9.17) is 22.4 Å². The van der Waals surface area contributed by atoms with Gasteiger partial charge in [0.15, 0.2) is 4.47 Å². The summed E-state index contributed by atoms with van der Waals surface area (Å²) in [6.45, 7) is 0.0939. The van der Waals surface area contributed by atoms with Crippen LogP contribution >= 0.6 is 22.9 Å². The quantitative estimate of drug-likeness (QED) is 0.756. The number of hydrogen-bond acceptors (Lipinski definition) is 4. The van der Waals surface area contributed by atoms with Gasteiger partial charge in [-0.1, -0.05) is 11.6 Å². The Kier molecular flexibility index (Phi) is 3.26. The van der Waals surface area contributed by atoms with Crippen molar-refractivity contribution in [2.24, 2.45) is 5.73 Å². The molecular weight excluding hydrogens is 184 g/mol. The third-order valence-electron chi connectivity index (χ3n) is 1.30. The van der Waals surface area contributed by atoms with Crippen LogP contribution in [0.5, 0.6) is 0 Å². The zero-order chi connectivity index (χ0) is 8.27. The smallest absolute Gasteiger partial charge is 0.183 e. The molecule has 0 spiro atoms. The van der Waals surface area contributed by atoms with Crippen molar-refractivity contribution in [2.45, 2.75) is 12.5 Å². The van der Waals surface area contributed by atoms with E-state index in [2.05, 4.69) is 4.98 Å². The highest BCUT2D eigenvalue weighted by atomic mass is 35.5. The summed E-state index contributed by atoms with van der Waals surface area (Å²) in [7, 11) is 0. The highest BCUT2D eigenvalue weighted by Crippen LogP contribution is 2.23. The Hall–Kier alpha value is -0.160. The summed E-state index contributed by atoms with van der Waals surface area (Å²) >= 11 is 6.95. The van der Waals surface area contributed by atoms with Gasteiger partial charge in [0.1, 0.15) is 0 Å².